The molecule has 0 aliphatic carbocycles. The number of hydrogen-bond donors (Lipinski definition) is 1. The number of halogens is 4. The first-order valence-electron chi connectivity index (χ1n) is 8.70. The van der Waals surface area contributed by atoms with Crippen molar-refractivity contribution in [3.63, 3.8) is 0 Å². The number of alkyl halides is 2. The lowest BCUT2D eigenvalue weighted by molar-refractivity contribution is 0.206. The zero-order chi connectivity index (χ0) is 20.3. The molecule has 1 N–H and O–H groups in total. The van der Waals surface area contributed by atoms with E-state index in [2.05, 4.69) is 10.4 Å². The minimum absolute atomic E-state index is 0.233. The average molecular weight is 459 g/mol. The van der Waals surface area contributed by atoms with Gasteiger partial charge in [0.05, 0.1) is 12.3 Å². The fraction of sp³-hybridized carbons (Fsp3) is 0.300. The van der Waals surface area contributed by atoms with Crippen molar-refractivity contribution in [2.75, 3.05) is 17.7 Å². The monoisotopic (exact) mass is 457 g/mol. The van der Waals surface area contributed by atoms with Gasteiger partial charge in [0.1, 0.15) is 0 Å². The predicted molar refractivity (Wildman–Crippen MR) is 118 cm³/mol. The van der Waals surface area contributed by atoms with Gasteiger partial charge in [-0.05, 0) is 48.4 Å². The van der Waals surface area contributed by atoms with Gasteiger partial charge in [0.2, 0.25) is 0 Å². The first-order chi connectivity index (χ1) is 13.3. The van der Waals surface area contributed by atoms with Crippen LogP contribution < -0.4 is 5.32 Å². The number of hydrazone groups is 1. The van der Waals surface area contributed by atoms with Crippen molar-refractivity contribution in [1.82, 2.24) is 5.01 Å². The topological polar surface area (TPSA) is 44.7 Å². The Labute approximate surface area is 184 Å². The van der Waals surface area contributed by atoms with Crippen molar-refractivity contribution in [3.05, 3.63) is 64.1 Å². The molecule has 3 rings (SSSR count). The van der Waals surface area contributed by atoms with Crippen LogP contribution in [0, 0.1) is 5.41 Å². The van der Waals surface area contributed by atoms with Gasteiger partial charge in [-0.1, -0.05) is 42.3 Å². The van der Waals surface area contributed by atoms with Crippen LogP contribution in [0.5, 0.6) is 0 Å². The van der Waals surface area contributed by atoms with Crippen molar-refractivity contribution in [2.45, 2.75) is 18.7 Å². The van der Waals surface area contributed by atoms with E-state index in [0.717, 1.165) is 11.3 Å². The minimum atomic E-state index is -0.438. The highest BCUT2D eigenvalue weighted by Crippen LogP contribution is 2.37. The Balaban J connectivity index is 1.87. The van der Waals surface area contributed by atoms with Gasteiger partial charge >= 0.3 is 6.03 Å². The Bertz CT molecular complexity index is 870. The molecule has 4 nitrogen and oxygen atoms in total. The van der Waals surface area contributed by atoms with Crippen molar-refractivity contribution in [3.8, 4) is 0 Å². The van der Waals surface area contributed by atoms with Crippen molar-refractivity contribution < 1.29 is 4.79 Å². The van der Waals surface area contributed by atoms with Crippen LogP contribution in [0.15, 0.2) is 53.6 Å². The highest BCUT2D eigenvalue weighted by Gasteiger charge is 2.42. The standard InChI is InChI=1S/C20H19Cl4N3O/c1-20(10-16(24)11-21)12-27(19(28)25-17-8-6-15(23)7-9-17)26-18(20)13-2-4-14(22)5-3-13/h2-9,16H,10-12H2,1H3,(H,25,28). The Hall–Kier alpha value is -1.46. The summed E-state index contributed by atoms with van der Waals surface area (Å²) in [7, 11) is 0. The molecule has 2 aromatic rings. The summed E-state index contributed by atoms with van der Waals surface area (Å²) in [5.74, 6) is 0.321. The van der Waals surface area contributed by atoms with Gasteiger partial charge in [0.25, 0.3) is 0 Å². The molecule has 1 heterocycles. The third kappa shape index (κ3) is 4.93. The number of rotatable bonds is 5. The van der Waals surface area contributed by atoms with Crippen LogP contribution in [0.25, 0.3) is 0 Å². The summed E-state index contributed by atoms with van der Waals surface area (Å²) >= 11 is 24.2. The van der Waals surface area contributed by atoms with Gasteiger partial charge in [-0.3, -0.25) is 0 Å². The average Bonchev–Trinajstić information content (AvgIpc) is 3.01. The van der Waals surface area contributed by atoms with Gasteiger partial charge < -0.3 is 5.32 Å². The van der Waals surface area contributed by atoms with Crippen LogP contribution in [-0.2, 0) is 0 Å². The maximum absolute atomic E-state index is 12.8. The van der Waals surface area contributed by atoms with Crippen LogP contribution in [0.1, 0.15) is 18.9 Å². The molecule has 0 radical (unpaired) electrons. The molecule has 148 valence electrons. The van der Waals surface area contributed by atoms with E-state index < -0.39 is 5.41 Å². The molecular formula is C20H19Cl4N3O. The van der Waals surface area contributed by atoms with E-state index in [9.17, 15) is 4.79 Å². The maximum atomic E-state index is 12.8. The molecular weight excluding hydrogens is 440 g/mol. The molecule has 2 aromatic carbocycles. The summed E-state index contributed by atoms with van der Waals surface area (Å²) in [6.45, 7) is 2.43. The lowest BCUT2D eigenvalue weighted by Crippen LogP contribution is -2.37. The third-order valence-electron chi connectivity index (χ3n) is 4.58. The van der Waals surface area contributed by atoms with E-state index in [-0.39, 0.29) is 11.4 Å². The van der Waals surface area contributed by atoms with E-state index in [1.54, 1.807) is 36.4 Å². The second kappa shape index (κ2) is 8.91. The van der Waals surface area contributed by atoms with Gasteiger partial charge in [-0.25, -0.2) is 9.80 Å². The summed E-state index contributed by atoms with van der Waals surface area (Å²) in [4.78, 5) is 12.8. The Kier molecular flexibility index (Phi) is 6.77. The normalized spacial score (nSPS) is 20.0. The van der Waals surface area contributed by atoms with Gasteiger partial charge in [0.15, 0.2) is 0 Å². The quantitative estimate of drug-likeness (QED) is 0.511. The van der Waals surface area contributed by atoms with E-state index in [0.29, 0.717) is 34.6 Å². The Morgan fingerprint density at radius 3 is 2.29 bits per heavy atom. The largest absolute Gasteiger partial charge is 0.342 e. The first kappa shape index (κ1) is 21.3. The highest BCUT2D eigenvalue weighted by molar-refractivity contribution is 6.31. The molecule has 28 heavy (non-hydrogen) atoms. The predicted octanol–water partition coefficient (Wildman–Crippen LogP) is 6.49. The van der Waals surface area contributed by atoms with Crippen molar-refractivity contribution in [2.24, 2.45) is 10.5 Å². The van der Waals surface area contributed by atoms with Crippen molar-refractivity contribution >= 4 is 63.8 Å². The molecule has 0 fully saturated rings. The zero-order valence-corrected chi connectivity index (χ0v) is 18.2. The fourth-order valence-corrected chi connectivity index (χ4v) is 3.94. The molecule has 8 heteroatoms. The molecule has 0 saturated heterocycles. The molecule has 0 aromatic heterocycles. The zero-order valence-electron chi connectivity index (χ0n) is 15.1. The molecule has 1 aliphatic heterocycles. The lowest BCUT2D eigenvalue weighted by atomic mass is 9.78. The molecule has 2 atom stereocenters. The summed E-state index contributed by atoms with van der Waals surface area (Å²) in [5, 5.41) is 9.88. The third-order valence-corrected chi connectivity index (χ3v) is 5.92. The smallest absolute Gasteiger partial charge is 0.306 e. The molecule has 0 saturated carbocycles. The number of amides is 2. The lowest BCUT2D eigenvalue weighted by Gasteiger charge is -2.28. The second-order valence-corrected chi connectivity index (χ2v) is 8.77. The van der Waals surface area contributed by atoms with Crippen LogP contribution in [0.3, 0.4) is 0 Å². The van der Waals surface area contributed by atoms with Gasteiger partial charge in [0, 0.05) is 32.4 Å². The number of nitrogens with zero attached hydrogens (tertiary/aromatic N) is 2. The molecule has 2 unspecified atom stereocenters. The Morgan fingerprint density at radius 2 is 1.71 bits per heavy atom. The molecule has 0 spiro atoms. The maximum Gasteiger partial charge on any atom is 0.342 e. The van der Waals surface area contributed by atoms with Crippen LogP contribution in [-0.4, -0.2) is 34.6 Å². The van der Waals surface area contributed by atoms with Crippen LogP contribution >= 0.6 is 46.4 Å². The summed E-state index contributed by atoms with van der Waals surface area (Å²) in [6, 6.07) is 14.0. The summed E-state index contributed by atoms with van der Waals surface area (Å²) in [6.07, 6.45) is 0.588. The van der Waals surface area contributed by atoms with Crippen LogP contribution in [0.4, 0.5) is 10.5 Å². The number of benzene rings is 2. The Morgan fingerprint density at radius 1 is 1.14 bits per heavy atom. The van der Waals surface area contributed by atoms with Crippen molar-refractivity contribution in [1.29, 1.82) is 0 Å². The number of nitrogens with one attached hydrogen (secondary N) is 1. The van der Waals surface area contributed by atoms with E-state index in [1.165, 1.54) is 5.01 Å². The minimum Gasteiger partial charge on any atom is -0.306 e. The van der Waals surface area contributed by atoms with E-state index >= 15 is 0 Å². The second-order valence-electron chi connectivity index (χ2n) is 6.97. The number of urea groups is 1. The number of anilines is 1. The highest BCUT2D eigenvalue weighted by atomic mass is 35.5. The molecule has 1 aliphatic rings. The van der Waals surface area contributed by atoms with Gasteiger partial charge in [-0.15, -0.1) is 23.2 Å². The molecule has 0 bridgehead atoms. The first-order valence-corrected chi connectivity index (χ1v) is 10.4. The van der Waals surface area contributed by atoms with Crippen LogP contribution in [0.2, 0.25) is 10.0 Å². The number of carbonyl (C=O) groups excluding carboxylic acids is 1. The number of hydrogen-bond acceptors (Lipinski definition) is 2. The fourth-order valence-electron chi connectivity index (χ4n) is 3.24. The summed E-state index contributed by atoms with van der Waals surface area (Å²) in [5.41, 5.74) is 1.88. The van der Waals surface area contributed by atoms with E-state index in [1.807, 2.05) is 19.1 Å². The van der Waals surface area contributed by atoms with E-state index in [4.69, 9.17) is 46.4 Å². The SMILES string of the molecule is CC1(CC(Cl)CCl)CN(C(=O)Nc2ccc(Cl)cc2)N=C1c1ccc(Cl)cc1. The molecule has 2 amide bonds. The number of carbonyl (C=O) groups is 1. The summed E-state index contributed by atoms with van der Waals surface area (Å²) < 4.78 is 0. The van der Waals surface area contributed by atoms with Gasteiger partial charge in [-0.2, -0.15) is 5.10 Å².